The number of anilines is 1. The Hall–Kier alpha value is -2.92. The van der Waals surface area contributed by atoms with Gasteiger partial charge in [0, 0.05) is 17.8 Å². The number of benzene rings is 2. The quantitative estimate of drug-likeness (QED) is 0.668. The minimum atomic E-state index is -3.94. The molecule has 0 spiro atoms. The summed E-state index contributed by atoms with van der Waals surface area (Å²) in [6.45, 7) is 1.56. The maximum atomic E-state index is 12.4. The summed E-state index contributed by atoms with van der Waals surface area (Å²) in [6, 6.07) is 12.0. The third kappa shape index (κ3) is 3.84. The lowest BCUT2D eigenvalue weighted by atomic mass is 10.1. The van der Waals surface area contributed by atoms with E-state index in [-0.39, 0.29) is 17.0 Å². The summed E-state index contributed by atoms with van der Waals surface area (Å²) in [5.41, 5.74) is 1.20. The van der Waals surface area contributed by atoms with E-state index in [4.69, 9.17) is 5.26 Å². The van der Waals surface area contributed by atoms with Gasteiger partial charge in [-0.25, -0.2) is 8.42 Å². The molecule has 0 aromatic heterocycles. The summed E-state index contributed by atoms with van der Waals surface area (Å²) in [6.07, 6.45) is 0.233. The van der Waals surface area contributed by atoms with Crippen LogP contribution in [-0.2, 0) is 16.4 Å². The fourth-order valence-electron chi connectivity index (χ4n) is 1.98. The van der Waals surface area contributed by atoms with Crippen LogP contribution in [0.4, 0.5) is 11.4 Å². The lowest BCUT2D eigenvalue weighted by Gasteiger charge is -2.10. The predicted octanol–water partition coefficient (Wildman–Crippen LogP) is 2.77. The van der Waals surface area contributed by atoms with Gasteiger partial charge in [-0.3, -0.25) is 14.8 Å². The number of hydrogen-bond acceptors (Lipinski definition) is 5. The van der Waals surface area contributed by atoms with E-state index in [2.05, 4.69) is 4.72 Å². The second-order valence-electron chi connectivity index (χ2n) is 4.84. The number of non-ortho nitro benzene ring substituents is 1. The number of nitro groups is 1. The minimum absolute atomic E-state index is 0.146. The minimum Gasteiger partial charge on any atom is -0.280 e. The number of nitrogens with zero attached hydrogens (tertiary/aromatic N) is 2. The highest BCUT2D eigenvalue weighted by atomic mass is 32.2. The molecule has 0 heterocycles. The first kappa shape index (κ1) is 16.5. The van der Waals surface area contributed by atoms with E-state index in [1.165, 1.54) is 24.3 Å². The van der Waals surface area contributed by atoms with Gasteiger partial charge in [-0.1, -0.05) is 18.2 Å². The molecule has 0 aliphatic rings. The number of nitro benzene ring substituents is 1. The number of aryl methyl sites for hydroxylation is 1. The van der Waals surface area contributed by atoms with Crippen LogP contribution in [-0.4, -0.2) is 13.3 Å². The van der Waals surface area contributed by atoms with E-state index in [0.717, 1.165) is 11.6 Å². The van der Waals surface area contributed by atoms with Crippen molar-refractivity contribution in [3.63, 3.8) is 0 Å². The summed E-state index contributed by atoms with van der Waals surface area (Å²) in [5.74, 6) is 0. The first-order chi connectivity index (χ1) is 10.8. The third-order valence-corrected chi connectivity index (χ3v) is 4.68. The highest BCUT2D eigenvalue weighted by Crippen LogP contribution is 2.24. The molecule has 1 N–H and O–H groups in total. The Morgan fingerprint density at radius 2 is 1.87 bits per heavy atom. The van der Waals surface area contributed by atoms with Gasteiger partial charge in [-0.2, -0.15) is 5.26 Å². The van der Waals surface area contributed by atoms with Crippen LogP contribution in [0.25, 0.3) is 0 Å². The standard InChI is InChI=1S/C15H13N3O4S/c1-11-2-7-14(18(19)20)10-15(11)23(21,22)17-13-5-3-12(4-6-13)8-9-16/h2-7,10,17H,8H2,1H3. The van der Waals surface area contributed by atoms with Crippen molar-refractivity contribution in [1.82, 2.24) is 0 Å². The fraction of sp³-hybridized carbons (Fsp3) is 0.133. The van der Waals surface area contributed by atoms with Crippen LogP contribution in [0.15, 0.2) is 47.4 Å². The number of nitriles is 1. The summed E-state index contributed by atoms with van der Waals surface area (Å²) < 4.78 is 27.2. The Morgan fingerprint density at radius 1 is 1.22 bits per heavy atom. The lowest BCUT2D eigenvalue weighted by Crippen LogP contribution is -2.14. The smallest absolute Gasteiger partial charge is 0.270 e. The Morgan fingerprint density at radius 3 is 2.43 bits per heavy atom. The molecule has 0 amide bonds. The number of nitrogens with one attached hydrogen (secondary N) is 1. The Balaban J connectivity index is 2.33. The van der Waals surface area contributed by atoms with Crippen LogP contribution in [0.2, 0.25) is 0 Å². The molecular weight excluding hydrogens is 318 g/mol. The molecule has 8 heteroatoms. The lowest BCUT2D eigenvalue weighted by molar-refractivity contribution is -0.385. The molecule has 0 unspecified atom stereocenters. The van der Waals surface area contributed by atoms with Gasteiger partial charge in [-0.05, 0) is 30.2 Å². The van der Waals surface area contributed by atoms with Crippen molar-refractivity contribution >= 4 is 21.4 Å². The molecule has 0 atom stereocenters. The molecule has 0 saturated heterocycles. The van der Waals surface area contributed by atoms with Crippen molar-refractivity contribution in [1.29, 1.82) is 5.26 Å². The van der Waals surface area contributed by atoms with Crippen LogP contribution < -0.4 is 4.72 Å². The summed E-state index contributed by atoms with van der Waals surface area (Å²) in [5, 5.41) is 19.4. The van der Waals surface area contributed by atoms with E-state index in [1.54, 1.807) is 19.1 Å². The summed E-state index contributed by atoms with van der Waals surface area (Å²) in [4.78, 5) is 10.0. The molecular formula is C15H13N3O4S. The molecule has 7 nitrogen and oxygen atoms in total. The average Bonchev–Trinajstić information content (AvgIpc) is 2.49. The van der Waals surface area contributed by atoms with Crippen LogP contribution in [0, 0.1) is 28.4 Å². The number of hydrogen-bond donors (Lipinski definition) is 1. The highest BCUT2D eigenvalue weighted by Gasteiger charge is 2.20. The average molecular weight is 331 g/mol. The van der Waals surface area contributed by atoms with Crippen molar-refractivity contribution in [2.24, 2.45) is 0 Å². The topological polar surface area (TPSA) is 113 Å². The van der Waals surface area contributed by atoms with Gasteiger partial charge in [0.05, 0.1) is 22.3 Å². The molecule has 23 heavy (non-hydrogen) atoms. The Bertz CT molecular complexity index is 884. The summed E-state index contributed by atoms with van der Waals surface area (Å²) >= 11 is 0. The largest absolute Gasteiger partial charge is 0.280 e. The number of sulfonamides is 1. The third-order valence-electron chi connectivity index (χ3n) is 3.16. The Kier molecular flexibility index (Phi) is 4.62. The zero-order valence-corrected chi connectivity index (χ0v) is 13.0. The van der Waals surface area contributed by atoms with Gasteiger partial charge in [-0.15, -0.1) is 0 Å². The fourth-order valence-corrected chi connectivity index (χ4v) is 3.31. The van der Waals surface area contributed by atoms with Gasteiger partial charge in [0.2, 0.25) is 0 Å². The van der Waals surface area contributed by atoms with Gasteiger partial charge >= 0.3 is 0 Å². The van der Waals surface area contributed by atoms with Crippen LogP contribution >= 0.6 is 0 Å². The molecule has 2 rings (SSSR count). The highest BCUT2D eigenvalue weighted by molar-refractivity contribution is 7.92. The summed E-state index contributed by atoms with van der Waals surface area (Å²) in [7, 11) is -3.94. The van der Waals surface area contributed by atoms with Crippen molar-refractivity contribution in [3.8, 4) is 6.07 Å². The Labute approximate surface area is 133 Å². The second kappa shape index (κ2) is 6.46. The van der Waals surface area contributed by atoms with Crippen molar-refractivity contribution in [2.75, 3.05) is 4.72 Å². The normalized spacial score (nSPS) is 10.8. The van der Waals surface area contributed by atoms with Crippen molar-refractivity contribution in [3.05, 3.63) is 63.7 Å². The van der Waals surface area contributed by atoms with Crippen LogP contribution in [0.1, 0.15) is 11.1 Å². The van der Waals surface area contributed by atoms with Crippen molar-refractivity contribution in [2.45, 2.75) is 18.2 Å². The zero-order valence-electron chi connectivity index (χ0n) is 12.2. The molecule has 0 fully saturated rings. The first-order valence-electron chi connectivity index (χ1n) is 6.57. The molecule has 0 saturated carbocycles. The maximum absolute atomic E-state index is 12.4. The van der Waals surface area contributed by atoms with E-state index < -0.39 is 14.9 Å². The molecule has 0 radical (unpaired) electrons. The molecule has 0 aliphatic carbocycles. The van der Waals surface area contributed by atoms with Crippen molar-refractivity contribution < 1.29 is 13.3 Å². The molecule has 118 valence electrons. The van der Waals surface area contributed by atoms with Gasteiger partial charge in [0.15, 0.2) is 0 Å². The zero-order chi connectivity index (χ0) is 17.0. The van der Waals surface area contributed by atoms with Gasteiger partial charge in [0.1, 0.15) is 0 Å². The molecule has 2 aromatic rings. The monoisotopic (exact) mass is 331 g/mol. The van der Waals surface area contributed by atoms with Crippen LogP contribution in [0.3, 0.4) is 0 Å². The first-order valence-corrected chi connectivity index (χ1v) is 8.05. The SMILES string of the molecule is Cc1ccc([N+](=O)[O-])cc1S(=O)(=O)Nc1ccc(CC#N)cc1. The van der Waals surface area contributed by atoms with Crippen LogP contribution in [0.5, 0.6) is 0 Å². The van der Waals surface area contributed by atoms with E-state index >= 15 is 0 Å². The van der Waals surface area contributed by atoms with E-state index in [9.17, 15) is 18.5 Å². The predicted molar refractivity (Wildman–Crippen MR) is 84.4 cm³/mol. The van der Waals surface area contributed by atoms with Gasteiger partial charge in [0.25, 0.3) is 15.7 Å². The van der Waals surface area contributed by atoms with E-state index in [0.29, 0.717) is 11.3 Å². The number of rotatable bonds is 5. The molecule has 2 aromatic carbocycles. The molecule has 0 bridgehead atoms. The van der Waals surface area contributed by atoms with E-state index in [1.807, 2.05) is 6.07 Å². The maximum Gasteiger partial charge on any atom is 0.270 e. The molecule has 0 aliphatic heterocycles. The second-order valence-corrected chi connectivity index (χ2v) is 6.50. The van der Waals surface area contributed by atoms with Gasteiger partial charge < -0.3 is 0 Å².